The summed E-state index contributed by atoms with van der Waals surface area (Å²) in [5, 5.41) is 33.0. The minimum absolute atomic E-state index is 0.0200. The Labute approximate surface area is 259 Å². The molecule has 1 atom stereocenters. The third-order valence-corrected chi connectivity index (χ3v) is 7.96. The quantitative estimate of drug-likeness (QED) is 0.163. The molecule has 2 aromatic heterocycles. The largest absolute Gasteiger partial charge is 0.504 e. The van der Waals surface area contributed by atoms with Gasteiger partial charge in [0.2, 0.25) is 11.8 Å². The summed E-state index contributed by atoms with van der Waals surface area (Å²) in [4.78, 5) is 31.0. The molecule has 1 amide bonds. The fourth-order valence-corrected chi connectivity index (χ4v) is 5.59. The van der Waals surface area contributed by atoms with E-state index in [9.17, 15) is 24.9 Å². The molecule has 1 aliphatic heterocycles. The molecule has 4 N–H and O–H groups in total. The van der Waals surface area contributed by atoms with Gasteiger partial charge in [-0.2, -0.15) is 4.98 Å². The maximum absolute atomic E-state index is 13.6. The highest BCUT2D eigenvalue weighted by atomic mass is 16.5. The van der Waals surface area contributed by atoms with Crippen molar-refractivity contribution in [3.8, 4) is 28.9 Å². The number of carbonyl (C=O) groups excluding carboxylic acids is 1. The number of amides is 1. The van der Waals surface area contributed by atoms with Crippen LogP contribution in [0, 0.1) is 0 Å². The Bertz CT molecular complexity index is 1900. The molecule has 5 aromatic rings. The molecule has 0 unspecified atom stereocenters. The minimum Gasteiger partial charge on any atom is -0.504 e. The van der Waals surface area contributed by atoms with Gasteiger partial charge >= 0.3 is 0 Å². The zero-order valence-electron chi connectivity index (χ0n) is 24.5. The van der Waals surface area contributed by atoms with Gasteiger partial charge in [0, 0.05) is 37.9 Å². The van der Waals surface area contributed by atoms with E-state index in [1.165, 1.54) is 27.7 Å². The van der Waals surface area contributed by atoms with Crippen molar-refractivity contribution in [2.24, 2.45) is 0 Å². The number of fused-ring (bicyclic) bond motifs is 2. The highest BCUT2D eigenvalue weighted by Gasteiger charge is 2.26. The molecule has 0 saturated heterocycles. The molecule has 10 nitrogen and oxygen atoms in total. The maximum atomic E-state index is 13.6. The lowest BCUT2D eigenvalue weighted by molar-refractivity contribution is -0.121. The summed E-state index contributed by atoms with van der Waals surface area (Å²) < 4.78 is 12.9. The van der Waals surface area contributed by atoms with Gasteiger partial charge in [-0.05, 0) is 71.1 Å². The number of aromatic nitrogens is 2. The monoisotopic (exact) mass is 607 g/mol. The van der Waals surface area contributed by atoms with Crippen LogP contribution >= 0.6 is 0 Å². The van der Waals surface area contributed by atoms with Gasteiger partial charge in [0.05, 0.1) is 18.8 Å². The van der Waals surface area contributed by atoms with E-state index in [1.807, 2.05) is 12.1 Å². The Balaban J connectivity index is 1.18. The predicted molar refractivity (Wildman–Crippen MR) is 167 cm³/mol. The van der Waals surface area contributed by atoms with E-state index < -0.39 is 17.4 Å². The number of pyridine rings is 1. The van der Waals surface area contributed by atoms with Gasteiger partial charge < -0.3 is 30.1 Å². The van der Waals surface area contributed by atoms with Crippen molar-refractivity contribution in [2.75, 3.05) is 19.8 Å². The third kappa shape index (κ3) is 6.70. The molecular weight excluding hydrogens is 574 g/mol. The van der Waals surface area contributed by atoms with E-state index in [2.05, 4.69) is 16.4 Å². The van der Waals surface area contributed by atoms with E-state index in [1.54, 1.807) is 54.7 Å². The highest BCUT2D eigenvalue weighted by molar-refractivity contribution is 5.77. The normalized spacial score (nSPS) is 12.8. The van der Waals surface area contributed by atoms with Crippen LogP contribution in [-0.2, 0) is 24.1 Å². The summed E-state index contributed by atoms with van der Waals surface area (Å²) in [5.41, 5.74) is 3.62. The number of phenols is 2. The van der Waals surface area contributed by atoms with Crippen LogP contribution in [0.3, 0.4) is 0 Å². The molecule has 230 valence electrons. The molecule has 10 heteroatoms. The number of carbonyl (C=O) groups is 1. The molecule has 1 aliphatic rings. The molecular formula is C35H33N3O7. The number of nitrogens with zero attached hydrogens (tertiary/aromatic N) is 2. The molecule has 3 aromatic carbocycles. The second kappa shape index (κ2) is 13.0. The summed E-state index contributed by atoms with van der Waals surface area (Å²) in [6, 6.07) is 22.9. The predicted octanol–water partition coefficient (Wildman–Crippen LogP) is 4.25. The maximum Gasteiger partial charge on any atom is 0.265 e. The Kier molecular flexibility index (Phi) is 8.54. The van der Waals surface area contributed by atoms with E-state index >= 15 is 0 Å². The number of phenolic OH excluding ortho intramolecular Hbond substituents is 2. The van der Waals surface area contributed by atoms with Gasteiger partial charge in [0.15, 0.2) is 11.5 Å². The first-order valence-electron chi connectivity index (χ1n) is 14.8. The zero-order valence-corrected chi connectivity index (χ0v) is 24.5. The first-order chi connectivity index (χ1) is 21.9. The molecule has 0 saturated carbocycles. The number of aromatic hydroxyl groups is 3. The van der Waals surface area contributed by atoms with Crippen LogP contribution in [0.25, 0.3) is 5.65 Å². The first-order valence-corrected chi connectivity index (χ1v) is 14.8. The van der Waals surface area contributed by atoms with Gasteiger partial charge in [-0.25, -0.2) is 0 Å². The molecule has 3 heterocycles. The standard InChI is InChI=1S/C35H33N3O7/c39-28-10-4-22(20-29(28)40)12-15-36-32(41)21-27(33-34(42)37-31-3-1-2-16-38(31)35(33)43)24-6-8-26(9-7-24)44-17-13-23-5-11-30-25(19-23)14-18-45-30/h1-11,16,19-20,27,39-40,42H,12-15,17-18,21H2,(H,36,41)/t27-/m1/s1. The van der Waals surface area contributed by atoms with Crippen LogP contribution < -0.4 is 20.3 Å². The summed E-state index contributed by atoms with van der Waals surface area (Å²) >= 11 is 0. The molecule has 0 aliphatic carbocycles. The summed E-state index contributed by atoms with van der Waals surface area (Å²) in [5.74, 6) is -0.410. The van der Waals surface area contributed by atoms with Crippen molar-refractivity contribution in [1.82, 2.24) is 14.7 Å². The Morgan fingerprint density at radius 1 is 0.956 bits per heavy atom. The number of benzene rings is 3. The Morgan fingerprint density at radius 3 is 2.58 bits per heavy atom. The Morgan fingerprint density at radius 2 is 1.76 bits per heavy atom. The molecule has 0 bridgehead atoms. The van der Waals surface area contributed by atoms with Gasteiger partial charge in [0.1, 0.15) is 17.1 Å². The first kappa shape index (κ1) is 29.6. The Hall–Kier alpha value is -5.51. The van der Waals surface area contributed by atoms with Gasteiger partial charge in [-0.1, -0.05) is 36.4 Å². The van der Waals surface area contributed by atoms with Crippen molar-refractivity contribution in [2.45, 2.75) is 31.6 Å². The van der Waals surface area contributed by atoms with Gasteiger partial charge in [-0.15, -0.1) is 0 Å². The topological polar surface area (TPSA) is 143 Å². The molecule has 0 radical (unpaired) electrons. The molecule has 45 heavy (non-hydrogen) atoms. The number of nitrogens with one attached hydrogen (secondary N) is 1. The van der Waals surface area contributed by atoms with E-state index in [-0.39, 0.29) is 35.9 Å². The minimum atomic E-state index is -0.789. The van der Waals surface area contributed by atoms with Crippen LogP contribution in [0.1, 0.15) is 40.2 Å². The molecule has 6 rings (SSSR count). The number of hydrogen-bond acceptors (Lipinski definition) is 8. The van der Waals surface area contributed by atoms with E-state index in [4.69, 9.17) is 9.47 Å². The van der Waals surface area contributed by atoms with Crippen molar-refractivity contribution >= 4 is 11.6 Å². The van der Waals surface area contributed by atoms with Crippen molar-refractivity contribution < 1.29 is 29.6 Å². The second-order valence-electron chi connectivity index (χ2n) is 11.0. The van der Waals surface area contributed by atoms with Crippen LogP contribution in [0.5, 0.6) is 28.9 Å². The van der Waals surface area contributed by atoms with E-state index in [0.717, 1.165) is 30.8 Å². The fourth-order valence-electron chi connectivity index (χ4n) is 5.59. The zero-order chi connectivity index (χ0) is 31.3. The van der Waals surface area contributed by atoms with Crippen LogP contribution in [0.4, 0.5) is 0 Å². The van der Waals surface area contributed by atoms with Crippen molar-refractivity contribution in [3.05, 3.63) is 123 Å². The van der Waals surface area contributed by atoms with Gasteiger partial charge in [-0.3, -0.25) is 14.0 Å². The number of hydrogen-bond donors (Lipinski definition) is 4. The molecule has 0 spiro atoms. The summed E-state index contributed by atoms with van der Waals surface area (Å²) in [7, 11) is 0. The SMILES string of the molecule is O=C(C[C@H](c1ccc(OCCc2ccc3c(c2)CCO3)cc1)c1c(O)nc2ccccn2c1=O)NCCc1ccc(O)c(O)c1. The highest BCUT2D eigenvalue weighted by Crippen LogP contribution is 2.32. The second-order valence-corrected chi connectivity index (χ2v) is 11.0. The average molecular weight is 608 g/mol. The lowest BCUT2D eigenvalue weighted by Crippen LogP contribution is -2.30. The summed E-state index contributed by atoms with van der Waals surface area (Å²) in [6.07, 6.45) is 3.52. The average Bonchev–Trinajstić information content (AvgIpc) is 3.51. The van der Waals surface area contributed by atoms with Crippen LogP contribution in [-0.4, -0.2) is 50.4 Å². The lowest BCUT2D eigenvalue weighted by atomic mass is 9.89. The smallest absolute Gasteiger partial charge is 0.265 e. The summed E-state index contributed by atoms with van der Waals surface area (Å²) in [6.45, 7) is 1.45. The van der Waals surface area contributed by atoms with E-state index in [0.29, 0.717) is 30.0 Å². The fraction of sp³-hybridized carbons (Fsp3) is 0.229. The van der Waals surface area contributed by atoms with Crippen LogP contribution in [0.2, 0.25) is 0 Å². The molecule has 0 fully saturated rings. The van der Waals surface area contributed by atoms with Crippen molar-refractivity contribution in [3.63, 3.8) is 0 Å². The van der Waals surface area contributed by atoms with Gasteiger partial charge in [0.25, 0.3) is 5.56 Å². The third-order valence-electron chi connectivity index (χ3n) is 7.96. The van der Waals surface area contributed by atoms with Crippen molar-refractivity contribution in [1.29, 1.82) is 0 Å². The lowest BCUT2D eigenvalue weighted by Gasteiger charge is -2.19. The van der Waals surface area contributed by atoms with Crippen LogP contribution in [0.15, 0.2) is 89.9 Å². The number of ether oxygens (including phenoxy) is 2. The number of rotatable bonds is 11.